The monoisotopic (exact) mass is 438 g/mol. The second kappa shape index (κ2) is 10.2. The highest BCUT2D eigenvalue weighted by atomic mass is 32.2. The highest BCUT2D eigenvalue weighted by molar-refractivity contribution is 8.00. The molecule has 1 aromatic heterocycles. The number of nitrogens with one attached hydrogen (secondary N) is 2. The van der Waals surface area contributed by atoms with E-state index in [9.17, 15) is 14.4 Å². The van der Waals surface area contributed by atoms with Crippen LogP contribution in [0.1, 0.15) is 24.2 Å². The molecule has 1 unspecified atom stereocenters. The van der Waals surface area contributed by atoms with Crippen LogP contribution in [0.25, 0.3) is 5.69 Å². The molecule has 3 aromatic rings. The van der Waals surface area contributed by atoms with E-state index in [0.717, 1.165) is 11.3 Å². The van der Waals surface area contributed by atoms with Crippen molar-refractivity contribution in [1.82, 2.24) is 14.7 Å². The molecule has 0 spiro atoms. The van der Waals surface area contributed by atoms with Crippen LogP contribution in [0.2, 0.25) is 0 Å². The van der Waals surface area contributed by atoms with Crippen molar-refractivity contribution >= 4 is 29.3 Å². The minimum absolute atomic E-state index is 0.0756. The molecular formula is C23H26N4O3S. The zero-order valence-electron chi connectivity index (χ0n) is 17.8. The molecule has 0 bridgehead atoms. The highest BCUT2D eigenvalue weighted by Crippen LogP contribution is 2.15. The number of amides is 2. The molecule has 3 rings (SSSR count). The summed E-state index contributed by atoms with van der Waals surface area (Å²) in [4.78, 5) is 37.4. The molecule has 2 amide bonds. The van der Waals surface area contributed by atoms with E-state index in [1.165, 1.54) is 16.4 Å². The Morgan fingerprint density at radius 2 is 1.55 bits per heavy atom. The maximum Gasteiger partial charge on any atom is 0.295 e. The van der Waals surface area contributed by atoms with Crippen LogP contribution in [-0.4, -0.2) is 32.7 Å². The van der Waals surface area contributed by atoms with Crippen LogP contribution >= 0.6 is 11.8 Å². The average Bonchev–Trinajstić information content (AvgIpc) is 2.98. The van der Waals surface area contributed by atoms with Crippen LogP contribution < -0.4 is 16.2 Å². The van der Waals surface area contributed by atoms with E-state index in [1.54, 1.807) is 18.7 Å². The SMILES string of the molecule is Cc1c(NC(=O)CSCC(=O)NC(C)c2ccccc2)c(=O)n(-c2ccccc2)n1C. The van der Waals surface area contributed by atoms with Gasteiger partial charge in [-0.15, -0.1) is 11.8 Å². The maximum atomic E-state index is 12.8. The van der Waals surface area contributed by atoms with Crippen molar-refractivity contribution in [2.24, 2.45) is 7.05 Å². The van der Waals surface area contributed by atoms with Crippen LogP contribution in [0.3, 0.4) is 0 Å². The number of aromatic nitrogens is 2. The van der Waals surface area contributed by atoms with E-state index in [0.29, 0.717) is 5.69 Å². The van der Waals surface area contributed by atoms with Crippen LogP contribution in [0.4, 0.5) is 5.69 Å². The lowest BCUT2D eigenvalue weighted by atomic mass is 10.1. The van der Waals surface area contributed by atoms with E-state index in [4.69, 9.17) is 0 Å². The molecule has 0 saturated carbocycles. The second-order valence-corrected chi connectivity index (χ2v) is 8.16. The van der Waals surface area contributed by atoms with Crippen LogP contribution in [-0.2, 0) is 16.6 Å². The topological polar surface area (TPSA) is 85.1 Å². The summed E-state index contributed by atoms with van der Waals surface area (Å²) in [5.74, 6) is -0.227. The van der Waals surface area contributed by atoms with Crippen LogP contribution in [0.5, 0.6) is 0 Å². The Morgan fingerprint density at radius 1 is 0.968 bits per heavy atom. The van der Waals surface area contributed by atoms with Gasteiger partial charge in [0.1, 0.15) is 5.69 Å². The largest absolute Gasteiger partial charge is 0.349 e. The smallest absolute Gasteiger partial charge is 0.295 e. The van der Waals surface area contributed by atoms with E-state index < -0.39 is 0 Å². The molecule has 0 aliphatic carbocycles. The average molecular weight is 439 g/mol. The first-order valence-electron chi connectivity index (χ1n) is 9.94. The molecule has 2 aromatic carbocycles. The van der Waals surface area contributed by atoms with Crippen molar-refractivity contribution in [3.8, 4) is 5.69 Å². The lowest BCUT2D eigenvalue weighted by Gasteiger charge is -2.14. The Hall–Kier alpha value is -3.26. The summed E-state index contributed by atoms with van der Waals surface area (Å²) in [6, 6.07) is 18.8. The van der Waals surface area contributed by atoms with Crippen molar-refractivity contribution in [3.05, 3.63) is 82.3 Å². The lowest BCUT2D eigenvalue weighted by molar-refractivity contribution is -0.119. The first-order valence-corrected chi connectivity index (χ1v) is 11.1. The third-order valence-electron chi connectivity index (χ3n) is 4.96. The molecule has 8 heteroatoms. The Bertz CT molecular complexity index is 1110. The van der Waals surface area contributed by atoms with Gasteiger partial charge in [0.15, 0.2) is 0 Å². The Morgan fingerprint density at radius 3 is 2.19 bits per heavy atom. The number of rotatable bonds is 8. The molecule has 2 N–H and O–H groups in total. The summed E-state index contributed by atoms with van der Waals surface area (Å²) in [7, 11) is 1.77. The van der Waals surface area contributed by atoms with E-state index >= 15 is 0 Å². The third-order valence-corrected chi connectivity index (χ3v) is 5.89. The van der Waals surface area contributed by atoms with E-state index in [-0.39, 0.29) is 40.6 Å². The number of para-hydroxylation sites is 1. The molecule has 7 nitrogen and oxygen atoms in total. The highest BCUT2D eigenvalue weighted by Gasteiger charge is 2.18. The summed E-state index contributed by atoms with van der Waals surface area (Å²) >= 11 is 1.21. The first-order chi connectivity index (χ1) is 14.9. The van der Waals surface area contributed by atoms with Crippen molar-refractivity contribution < 1.29 is 9.59 Å². The molecule has 0 aliphatic heterocycles. The Kier molecular flexibility index (Phi) is 7.36. The van der Waals surface area contributed by atoms with Gasteiger partial charge in [-0.25, -0.2) is 4.68 Å². The van der Waals surface area contributed by atoms with Crippen LogP contribution in [0, 0.1) is 6.92 Å². The summed E-state index contributed by atoms with van der Waals surface area (Å²) in [6.45, 7) is 3.70. The molecule has 31 heavy (non-hydrogen) atoms. The molecule has 162 valence electrons. The predicted octanol–water partition coefficient (Wildman–Crippen LogP) is 3.03. The third kappa shape index (κ3) is 5.46. The van der Waals surface area contributed by atoms with Crippen molar-refractivity contribution in [2.45, 2.75) is 19.9 Å². The zero-order chi connectivity index (χ0) is 22.4. The fraction of sp³-hybridized carbons (Fsp3) is 0.261. The van der Waals surface area contributed by atoms with Gasteiger partial charge >= 0.3 is 0 Å². The van der Waals surface area contributed by atoms with Gasteiger partial charge in [-0.2, -0.15) is 0 Å². The number of hydrogen-bond donors (Lipinski definition) is 2. The molecule has 1 heterocycles. The fourth-order valence-corrected chi connectivity index (χ4v) is 3.86. The number of benzene rings is 2. The minimum Gasteiger partial charge on any atom is -0.349 e. The van der Waals surface area contributed by atoms with E-state index in [2.05, 4.69) is 10.6 Å². The fourth-order valence-electron chi connectivity index (χ4n) is 3.23. The number of nitrogens with zero attached hydrogens (tertiary/aromatic N) is 2. The first kappa shape index (κ1) is 22.4. The predicted molar refractivity (Wildman–Crippen MR) is 125 cm³/mol. The standard InChI is InChI=1S/C23H26N4O3S/c1-16(18-10-6-4-7-11-18)24-20(28)14-31-15-21(29)25-22-17(2)26(3)27(23(22)30)19-12-8-5-9-13-19/h4-13,16H,14-15H2,1-3H3,(H,24,28)(H,25,29). The summed E-state index contributed by atoms with van der Waals surface area (Å²) in [6.07, 6.45) is 0. The molecule has 0 fully saturated rings. The van der Waals surface area contributed by atoms with Crippen LogP contribution in [0.15, 0.2) is 65.5 Å². The Labute approximate surface area is 185 Å². The summed E-state index contributed by atoms with van der Waals surface area (Å²) in [5, 5.41) is 5.62. The number of carbonyl (C=O) groups is 2. The van der Waals surface area contributed by atoms with Gasteiger partial charge in [-0.3, -0.25) is 19.1 Å². The maximum absolute atomic E-state index is 12.8. The quantitative estimate of drug-likeness (QED) is 0.566. The number of hydrogen-bond acceptors (Lipinski definition) is 4. The molecule has 0 radical (unpaired) electrons. The van der Waals surface area contributed by atoms with Crippen molar-refractivity contribution in [3.63, 3.8) is 0 Å². The molecule has 1 atom stereocenters. The number of carbonyl (C=O) groups excluding carboxylic acids is 2. The normalized spacial score (nSPS) is 11.7. The number of thioether (sulfide) groups is 1. The minimum atomic E-state index is -0.320. The molecular weight excluding hydrogens is 412 g/mol. The summed E-state index contributed by atoms with van der Waals surface area (Å²) < 4.78 is 3.22. The van der Waals surface area contributed by atoms with Crippen molar-refractivity contribution in [1.29, 1.82) is 0 Å². The van der Waals surface area contributed by atoms with Gasteiger partial charge in [0, 0.05) is 7.05 Å². The Balaban J connectivity index is 1.55. The molecule has 0 saturated heterocycles. The van der Waals surface area contributed by atoms with Gasteiger partial charge in [-0.05, 0) is 31.5 Å². The summed E-state index contributed by atoms with van der Waals surface area (Å²) in [5.41, 5.74) is 2.35. The number of anilines is 1. The molecule has 0 aliphatic rings. The van der Waals surface area contributed by atoms with Gasteiger partial charge < -0.3 is 10.6 Å². The zero-order valence-corrected chi connectivity index (χ0v) is 18.6. The van der Waals surface area contributed by atoms with Gasteiger partial charge in [0.25, 0.3) is 5.56 Å². The van der Waals surface area contributed by atoms with Crippen molar-refractivity contribution in [2.75, 3.05) is 16.8 Å². The van der Waals surface area contributed by atoms with Gasteiger partial charge in [-0.1, -0.05) is 48.5 Å². The second-order valence-electron chi connectivity index (χ2n) is 7.18. The lowest BCUT2D eigenvalue weighted by Crippen LogP contribution is -2.29. The van der Waals surface area contributed by atoms with Gasteiger partial charge in [0.05, 0.1) is 28.9 Å². The van der Waals surface area contributed by atoms with E-state index in [1.807, 2.05) is 67.6 Å². The van der Waals surface area contributed by atoms with Gasteiger partial charge in [0.2, 0.25) is 11.8 Å².